The molecule has 0 bridgehead atoms. The Kier molecular flexibility index (Phi) is 4.17. The predicted octanol–water partition coefficient (Wildman–Crippen LogP) is 0.782. The molecule has 0 aliphatic heterocycles. The second-order valence-electron chi connectivity index (χ2n) is 1.98. The lowest BCUT2D eigenvalue weighted by Gasteiger charge is -2.11. The first-order chi connectivity index (χ1) is 5.02. The molecule has 0 amide bonds. The third-order valence-corrected chi connectivity index (χ3v) is 0.898. The molecule has 0 unspecified atom stereocenters. The standard InChI is InChI=1S/C6H9F2NO2/c1-9(4-5(7)8)3-2-6(10)11/h2-3,5H,4H2,1H3,(H,10,11)/b3-2+. The van der Waals surface area contributed by atoms with E-state index in [1.165, 1.54) is 7.05 Å². The van der Waals surface area contributed by atoms with Crippen molar-refractivity contribution in [3.63, 3.8) is 0 Å². The van der Waals surface area contributed by atoms with Crippen LogP contribution in [0.1, 0.15) is 0 Å². The van der Waals surface area contributed by atoms with E-state index in [1.54, 1.807) is 0 Å². The lowest BCUT2D eigenvalue weighted by atomic mass is 10.5. The van der Waals surface area contributed by atoms with Crippen LogP contribution in [0, 0.1) is 0 Å². The first-order valence-electron chi connectivity index (χ1n) is 2.92. The quantitative estimate of drug-likeness (QED) is 0.626. The molecule has 0 aliphatic rings. The van der Waals surface area contributed by atoms with Gasteiger partial charge in [-0.05, 0) is 0 Å². The lowest BCUT2D eigenvalue weighted by Crippen LogP contribution is -2.19. The van der Waals surface area contributed by atoms with E-state index in [1.807, 2.05) is 0 Å². The van der Waals surface area contributed by atoms with Crippen molar-refractivity contribution < 1.29 is 18.7 Å². The number of hydrogen-bond donors (Lipinski definition) is 1. The summed E-state index contributed by atoms with van der Waals surface area (Å²) in [6.45, 7) is -0.455. The maximum Gasteiger partial charge on any atom is 0.329 e. The van der Waals surface area contributed by atoms with Crippen LogP contribution >= 0.6 is 0 Å². The van der Waals surface area contributed by atoms with Crippen molar-refractivity contribution in [2.24, 2.45) is 0 Å². The van der Waals surface area contributed by atoms with E-state index < -0.39 is 18.9 Å². The molecular weight excluding hydrogens is 156 g/mol. The van der Waals surface area contributed by atoms with E-state index in [9.17, 15) is 13.6 Å². The molecule has 5 heteroatoms. The number of carboxylic acids is 1. The Morgan fingerprint density at radius 1 is 1.73 bits per heavy atom. The van der Waals surface area contributed by atoms with E-state index in [0.717, 1.165) is 17.2 Å². The third kappa shape index (κ3) is 6.76. The molecule has 0 saturated heterocycles. The second-order valence-corrected chi connectivity index (χ2v) is 1.98. The minimum atomic E-state index is -2.45. The van der Waals surface area contributed by atoms with Crippen molar-refractivity contribution in [2.75, 3.05) is 13.6 Å². The highest BCUT2D eigenvalue weighted by Crippen LogP contribution is 1.95. The summed E-state index contributed by atoms with van der Waals surface area (Å²) in [6.07, 6.45) is -0.546. The van der Waals surface area contributed by atoms with Crippen molar-refractivity contribution in [1.82, 2.24) is 4.90 Å². The van der Waals surface area contributed by atoms with Gasteiger partial charge in [0.05, 0.1) is 6.54 Å². The minimum absolute atomic E-state index is 0.455. The maximum absolute atomic E-state index is 11.6. The summed E-state index contributed by atoms with van der Waals surface area (Å²) in [5.74, 6) is -1.15. The average Bonchev–Trinajstić information content (AvgIpc) is 1.82. The molecule has 0 aliphatic carbocycles. The molecule has 0 saturated carbocycles. The summed E-state index contributed by atoms with van der Waals surface area (Å²) < 4.78 is 23.2. The minimum Gasteiger partial charge on any atom is -0.478 e. The summed E-state index contributed by atoms with van der Waals surface area (Å²) >= 11 is 0. The van der Waals surface area contributed by atoms with Crippen molar-refractivity contribution >= 4 is 5.97 Å². The number of rotatable bonds is 4. The number of nitrogens with zero attached hydrogens (tertiary/aromatic N) is 1. The van der Waals surface area contributed by atoms with E-state index in [4.69, 9.17) is 5.11 Å². The highest BCUT2D eigenvalue weighted by molar-refractivity contribution is 5.79. The number of hydrogen-bond acceptors (Lipinski definition) is 2. The number of aliphatic carboxylic acids is 1. The molecular formula is C6H9F2NO2. The highest BCUT2D eigenvalue weighted by atomic mass is 19.3. The Labute approximate surface area is 62.9 Å². The van der Waals surface area contributed by atoms with Gasteiger partial charge in [0.25, 0.3) is 6.43 Å². The number of alkyl halides is 2. The largest absolute Gasteiger partial charge is 0.478 e. The van der Waals surface area contributed by atoms with E-state index in [-0.39, 0.29) is 0 Å². The fraction of sp³-hybridized carbons (Fsp3) is 0.500. The summed E-state index contributed by atoms with van der Waals surface area (Å²) in [5.41, 5.74) is 0. The van der Waals surface area contributed by atoms with Crippen LogP contribution in [-0.2, 0) is 4.79 Å². The molecule has 3 nitrogen and oxygen atoms in total. The smallest absolute Gasteiger partial charge is 0.329 e. The van der Waals surface area contributed by atoms with Crippen LogP contribution in [0.25, 0.3) is 0 Å². The molecule has 0 spiro atoms. The molecule has 0 fully saturated rings. The molecule has 0 radical (unpaired) electrons. The molecule has 11 heavy (non-hydrogen) atoms. The SMILES string of the molecule is CN(/C=C/C(=O)O)CC(F)F. The molecule has 0 atom stereocenters. The van der Waals surface area contributed by atoms with E-state index >= 15 is 0 Å². The lowest BCUT2D eigenvalue weighted by molar-refractivity contribution is -0.131. The Morgan fingerprint density at radius 2 is 2.27 bits per heavy atom. The summed E-state index contributed by atoms with van der Waals surface area (Å²) in [7, 11) is 1.38. The number of carboxylic acid groups (broad SMARTS) is 1. The molecule has 0 aromatic rings. The Balaban J connectivity index is 3.68. The van der Waals surface area contributed by atoms with Crippen LogP contribution in [0.5, 0.6) is 0 Å². The number of carbonyl (C=O) groups is 1. The highest BCUT2D eigenvalue weighted by Gasteiger charge is 2.03. The van der Waals surface area contributed by atoms with Gasteiger partial charge >= 0.3 is 5.97 Å². The van der Waals surface area contributed by atoms with Crippen LogP contribution in [0.15, 0.2) is 12.3 Å². The first kappa shape index (κ1) is 9.87. The molecule has 1 N–H and O–H groups in total. The fourth-order valence-electron chi connectivity index (χ4n) is 0.470. The summed E-state index contributed by atoms with van der Waals surface area (Å²) in [5, 5.41) is 8.10. The second kappa shape index (κ2) is 4.65. The van der Waals surface area contributed by atoms with Crippen LogP contribution in [0.4, 0.5) is 8.78 Å². The Hall–Kier alpha value is -1.13. The van der Waals surface area contributed by atoms with Gasteiger partial charge in [-0.1, -0.05) is 0 Å². The van der Waals surface area contributed by atoms with Gasteiger partial charge in [0, 0.05) is 19.3 Å². The van der Waals surface area contributed by atoms with Gasteiger partial charge in [0.2, 0.25) is 0 Å². The van der Waals surface area contributed by atoms with Gasteiger partial charge in [-0.2, -0.15) is 0 Å². The van der Waals surface area contributed by atoms with Gasteiger partial charge in [-0.25, -0.2) is 13.6 Å². The van der Waals surface area contributed by atoms with Crippen molar-refractivity contribution in [2.45, 2.75) is 6.43 Å². The van der Waals surface area contributed by atoms with Crippen molar-refractivity contribution in [3.05, 3.63) is 12.3 Å². The van der Waals surface area contributed by atoms with Crippen LogP contribution in [0.2, 0.25) is 0 Å². The predicted molar refractivity (Wildman–Crippen MR) is 35.4 cm³/mol. The molecule has 0 aromatic carbocycles. The van der Waals surface area contributed by atoms with E-state index in [2.05, 4.69) is 0 Å². The van der Waals surface area contributed by atoms with Gasteiger partial charge < -0.3 is 10.0 Å². The average molecular weight is 165 g/mol. The van der Waals surface area contributed by atoms with Crippen LogP contribution in [-0.4, -0.2) is 36.0 Å². The zero-order valence-electron chi connectivity index (χ0n) is 6.00. The monoisotopic (exact) mass is 165 g/mol. The normalized spacial score (nSPS) is 10.9. The van der Waals surface area contributed by atoms with Crippen LogP contribution in [0.3, 0.4) is 0 Å². The maximum atomic E-state index is 11.6. The Bertz CT molecular complexity index is 159. The number of halogens is 2. The third-order valence-electron chi connectivity index (χ3n) is 0.898. The molecule has 0 aromatic heterocycles. The zero-order valence-corrected chi connectivity index (χ0v) is 6.00. The van der Waals surface area contributed by atoms with Crippen molar-refractivity contribution in [3.8, 4) is 0 Å². The summed E-state index contributed by atoms with van der Waals surface area (Å²) in [6, 6.07) is 0. The topological polar surface area (TPSA) is 40.5 Å². The fourth-order valence-corrected chi connectivity index (χ4v) is 0.470. The van der Waals surface area contributed by atoms with Crippen LogP contribution < -0.4 is 0 Å². The molecule has 0 rings (SSSR count). The van der Waals surface area contributed by atoms with Gasteiger partial charge in [-0.3, -0.25) is 0 Å². The van der Waals surface area contributed by atoms with E-state index in [0.29, 0.717) is 0 Å². The Morgan fingerprint density at radius 3 is 2.64 bits per heavy atom. The van der Waals surface area contributed by atoms with Crippen molar-refractivity contribution in [1.29, 1.82) is 0 Å². The van der Waals surface area contributed by atoms with Gasteiger partial charge in [0.1, 0.15) is 0 Å². The molecule has 0 heterocycles. The summed E-state index contributed by atoms with van der Waals surface area (Å²) in [4.78, 5) is 11.0. The molecule has 64 valence electrons. The van der Waals surface area contributed by atoms with Gasteiger partial charge in [-0.15, -0.1) is 0 Å². The van der Waals surface area contributed by atoms with Gasteiger partial charge in [0.15, 0.2) is 0 Å². The zero-order chi connectivity index (χ0) is 8.85. The first-order valence-corrected chi connectivity index (χ1v) is 2.92.